The van der Waals surface area contributed by atoms with Gasteiger partial charge in [-0.05, 0) is 47.4 Å². The fourth-order valence-electron chi connectivity index (χ4n) is 3.59. The van der Waals surface area contributed by atoms with Crippen LogP contribution in [0.15, 0.2) is 76.1 Å². The molecule has 0 N–H and O–H groups in total. The maximum absolute atomic E-state index is 13.0. The standard InChI is InChI=1S/C28H26O7/c1-28(2,3)17-9-11-18(12-10-17)34-24-16-33-23-15-19(13-14-20(23)26(24)29)35-27(30)25-21(31-4)7-6-8-22(25)32-5/h6-16H,1-5H3. The van der Waals surface area contributed by atoms with Crippen molar-refractivity contribution >= 4 is 16.9 Å². The molecule has 3 aromatic carbocycles. The number of carbonyl (C=O) groups is 1. The summed E-state index contributed by atoms with van der Waals surface area (Å²) >= 11 is 0. The fraction of sp³-hybridized carbons (Fsp3) is 0.214. The maximum Gasteiger partial charge on any atom is 0.351 e. The molecular weight excluding hydrogens is 448 g/mol. The Bertz CT molecular complexity index is 1400. The van der Waals surface area contributed by atoms with Crippen LogP contribution in [-0.2, 0) is 5.41 Å². The molecule has 0 unspecified atom stereocenters. The van der Waals surface area contributed by atoms with Crippen LogP contribution in [0.25, 0.3) is 11.0 Å². The summed E-state index contributed by atoms with van der Waals surface area (Å²) in [5.74, 6) is 0.758. The molecule has 7 nitrogen and oxygen atoms in total. The van der Waals surface area contributed by atoms with Crippen molar-refractivity contribution in [2.45, 2.75) is 26.2 Å². The predicted octanol–water partition coefficient (Wildman–Crippen LogP) is 6.12. The zero-order valence-electron chi connectivity index (χ0n) is 20.2. The Morgan fingerprint density at radius 2 is 1.46 bits per heavy atom. The van der Waals surface area contributed by atoms with E-state index in [1.54, 1.807) is 18.2 Å². The van der Waals surface area contributed by atoms with Crippen molar-refractivity contribution in [2.75, 3.05) is 14.2 Å². The average molecular weight is 475 g/mol. The summed E-state index contributed by atoms with van der Waals surface area (Å²) in [6, 6.07) is 17.1. The van der Waals surface area contributed by atoms with E-state index in [9.17, 15) is 9.59 Å². The molecule has 0 saturated heterocycles. The monoisotopic (exact) mass is 474 g/mol. The summed E-state index contributed by atoms with van der Waals surface area (Å²) in [7, 11) is 2.91. The molecule has 1 aromatic heterocycles. The van der Waals surface area contributed by atoms with E-state index in [2.05, 4.69) is 20.8 Å². The van der Waals surface area contributed by atoms with Gasteiger partial charge in [0.05, 0.1) is 19.6 Å². The Labute approximate surface area is 202 Å². The van der Waals surface area contributed by atoms with E-state index in [0.29, 0.717) is 22.6 Å². The molecule has 0 aliphatic rings. The molecule has 0 fully saturated rings. The van der Waals surface area contributed by atoms with Crippen LogP contribution in [0.1, 0.15) is 36.7 Å². The number of hydrogen-bond acceptors (Lipinski definition) is 7. The lowest BCUT2D eigenvalue weighted by Crippen LogP contribution is -2.12. The van der Waals surface area contributed by atoms with Gasteiger partial charge < -0.3 is 23.4 Å². The van der Waals surface area contributed by atoms with Crippen LogP contribution >= 0.6 is 0 Å². The van der Waals surface area contributed by atoms with Gasteiger partial charge in [-0.2, -0.15) is 0 Å². The van der Waals surface area contributed by atoms with E-state index in [1.807, 2.05) is 24.3 Å². The molecule has 7 heteroatoms. The lowest BCUT2D eigenvalue weighted by molar-refractivity contribution is 0.0727. The van der Waals surface area contributed by atoms with Gasteiger partial charge in [0, 0.05) is 6.07 Å². The van der Waals surface area contributed by atoms with Gasteiger partial charge in [0.25, 0.3) is 0 Å². The molecule has 35 heavy (non-hydrogen) atoms. The van der Waals surface area contributed by atoms with Crippen LogP contribution in [0, 0.1) is 0 Å². The molecule has 4 aromatic rings. The van der Waals surface area contributed by atoms with Gasteiger partial charge in [0.15, 0.2) is 0 Å². The first-order valence-electron chi connectivity index (χ1n) is 11.0. The number of methoxy groups -OCH3 is 2. The number of esters is 1. The molecule has 1 heterocycles. The van der Waals surface area contributed by atoms with Crippen LogP contribution in [-0.4, -0.2) is 20.2 Å². The Kier molecular flexibility index (Phi) is 6.51. The third-order valence-corrected chi connectivity index (χ3v) is 5.51. The second-order valence-electron chi connectivity index (χ2n) is 8.89. The first-order valence-corrected chi connectivity index (χ1v) is 11.0. The number of fused-ring (bicyclic) bond motifs is 1. The highest BCUT2D eigenvalue weighted by Gasteiger charge is 2.21. The SMILES string of the molecule is COc1cccc(OC)c1C(=O)Oc1ccc2c(=O)c(Oc3ccc(C(C)(C)C)cc3)coc2c1. The van der Waals surface area contributed by atoms with E-state index >= 15 is 0 Å². The number of rotatable bonds is 6. The summed E-state index contributed by atoms with van der Waals surface area (Å²) in [6.45, 7) is 6.37. The highest BCUT2D eigenvalue weighted by Crippen LogP contribution is 2.31. The number of carbonyl (C=O) groups excluding carboxylic acids is 1. The van der Waals surface area contributed by atoms with Crippen LogP contribution in [0.3, 0.4) is 0 Å². The third-order valence-electron chi connectivity index (χ3n) is 5.51. The van der Waals surface area contributed by atoms with Crippen molar-refractivity contribution in [3.63, 3.8) is 0 Å². The Balaban J connectivity index is 1.58. The van der Waals surface area contributed by atoms with E-state index in [1.165, 1.54) is 38.7 Å². The summed E-state index contributed by atoms with van der Waals surface area (Å²) in [5, 5.41) is 0.295. The highest BCUT2D eigenvalue weighted by atomic mass is 16.5. The van der Waals surface area contributed by atoms with Crippen molar-refractivity contribution in [1.29, 1.82) is 0 Å². The molecular formula is C28H26O7. The van der Waals surface area contributed by atoms with Crippen LogP contribution in [0.2, 0.25) is 0 Å². The van der Waals surface area contributed by atoms with Crippen LogP contribution in [0.4, 0.5) is 0 Å². The molecule has 0 aliphatic carbocycles. The third kappa shape index (κ3) is 4.99. The molecule has 0 aliphatic heterocycles. The summed E-state index contributed by atoms with van der Waals surface area (Å²) < 4.78 is 27.4. The summed E-state index contributed by atoms with van der Waals surface area (Å²) in [6.07, 6.45) is 1.25. The first kappa shape index (κ1) is 23.9. The molecule has 0 atom stereocenters. The largest absolute Gasteiger partial charge is 0.496 e. The zero-order chi connectivity index (χ0) is 25.2. The van der Waals surface area contributed by atoms with Gasteiger partial charge in [0.1, 0.15) is 40.4 Å². The lowest BCUT2D eigenvalue weighted by Gasteiger charge is -2.19. The van der Waals surface area contributed by atoms with Gasteiger partial charge in [-0.25, -0.2) is 4.79 Å². The number of ether oxygens (including phenoxy) is 4. The molecule has 0 spiro atoms. The minimum atomic E-state index is -0.667. The minimum absolute atomic E-state index is 0.0123. The lowest BCUT2D eigenvalue weighted by atomic mass is 9.87. The van der Waals surface area contributed by atoms with Crippen molar-refractivity contribution < 1.29 is 28.2 Å². The normalized spacial score (nSPS) is 11.2. The summed E-state index contributed by atoms with van der Waals surface area (Å²) in [5.41, 5.74) is 1.24. The second kappa shape index (κ2) is 9.54. The Morgan fingerprint density at radius 1 is 0.829 bits per heavy atom. The van der Waals surface area contributed by atoms with Crippen molar-refractivity contribution in [1.82, 2.24) is 0 Å². The van der Waals surface area contributed by atoms with Crippen molar-refractivity contribution in [2.24, 2.45) is 0 Å². The van der Waals surface area contributed by atoms with E-state index in [0.717, 1.165) is 5.56 Å². The topological polar surface area (TPSA) is 84.2 Å². The highest BCUT2D eigenvalue weighted by molar-refractivity contribution is 5.97. The van der Waals surface area contributed by atoms with Gasteiger partial charge >= 0.3 is 5.97 Å². The fourth-order valence-corrected chi connectivity index (χ4v) is 3.59. The molecule has 0 bridgehead atoms. The maximum atomic E-state index is 13.0. The molecule has 0 amide bonds. The van der Waals surface area contributed by atoms with E-state index < -0.39 is 5.97 Å². The van der Waals surface area contributed by atoms with Gasteiger partial charge in [0.2, 0.25) is 11.2 Å². The molecule has 0 saturated carbocycles. The smallest absolute Gasteiger partial charge is 0.351 e. The Morgan fingerprint density at radius 3 is 2.06 bits per heavy atom. The quantitative estimate of drug-likeness (QED) is 0.246. The van der Waals surface area contributed by atoms with Crippen LogP contribution in [0.5, 0.6) is 28.7 Å². The van der Waals surface area contributed by atoms with E-state index in [-0.39, 0.29) is 33.5 Å². The average Bonchev–Trinajstić information content (AvgIpc) is 2.85. The first-order chi connectivity index (χ1) is 16.7. The van der Waals surface area contributed by atoms with Crippen molar-refractivity contribution in [3.8, 4) is 28.7 Å². The molecule has 4 rings (SSSR count). The van der Waals surface area contributed by atoms with Crippen LogP contribution < -0.4 is 24.4 Å². The summed E-state index contributed by atoms with van der Waals surface area (Å²) in [4.78, 5) is 25.8. The van der Waals surface area contributed by atoms with Gasteiger partial charge in [-0.3, -0.25) is 4.79 Å². The molecule has 180 valence electrons. The van der Waals surface area contributed by atoms with Gasteiger partial charge in [-0.1, -0.05) is 39.0 Å². The van der Waals surface area contributed by atoms with Gasteiger partial charge in [-0.15, -0.1) is 0 Å². The van der Waals surface area contributed by atoms with E-state index in [4.69, 9.17) is 23.4 Å². The Hall–Kier alpha value is -4.26. The second-order valence-corrected chi connectivity index (χ2v) is 8.89. The predicted molar refractivity (Wildman–Crippen MR) is 132 cm³/mol. The number of benzene rings is 3. The molecule has 0 radical (unpaired) electrons. The van der Waals surface area contributed by atoms with Crippen molar-refractivity contribution in [3.05, 3.63) is 88.3 Å². The number of hydrogen-bond donors (Lipinski definition) is 0. The zero-order valence-corrected chi connectivity index (χ0v) is 20.2. The minimum Gasteiger partial charge on any atom is -0.496 e.